The SMILES string of the molecule is CCCNC(=S)Nc1ccc([N+](=O)[O-])cc1OC. The number of nitrogens with one attached hydrogen (secondary N) is 2. The van der Waals surface area contributed by atoms with Gasteiger partial charge in [-0.1, -0.05) is 6.92 Å². The first-order chi connectivity index (χ1) is 8.58. The summed E-state index contributed by atoms with van der Waals surface area (Å²) in [5, 5.41) is 17.0. The summed E-state index contributed by atoms with van der Waals surface area (Å²) in [5.41, 5.74) is 0.571. The molecule has 0 heterocycles. The molecule has 0 aliphatic carbocycles. The van der Waals surface area contributed by atoms with Crippen molar-refractivity contribution in [2.75, 3.05) is 19.0 Å². The number of ether oxygens (including phenoxy) is 1. The van der Waals surface area contributed by atoms with E-state index in [1.807, 2.05) is 6.92 Å². The number of methoxy groups -OCH3 is 1. The van der Waals surface area contributed by atoms with Crippen LogP contribution in [0, 0.1) is 10.1 Å². The van der Waals surface area contributed by atoms with E-state index >= 15 is 0 Å². The monoisotopic (exact) mass is 269 g/mol. The maximum absolute atomic E-state index is 10.6. The van der Waals surface area contributed by atoms with Gasteiger partial charge < -0.3 is 15.4 Å². The van der Waals surface area contributed by atoms with Gasteiger partial charge in [0.15, 0.2) is 5.11 Å². The lowest BCUT2D eigenvalue weighted by molar-refractivity contribution is -0.384. The van der Waals surface area contributed by atoms with E-state index in [0.717, 1.165) is 13.0 Å². The van der Waals surface area contributed by atoms with Gasteiger partial charge in [0.2, 0.25) is 0 Å². The highest BCUT2D eigenvalue weighted by atomic mass is 32.1. The standard InChI is InChI=1S/C11H15N3O3S/c1-3-6-12-11(18)13-9-5-4-8(14(15)16)7-10(9)17-2/h4-5,7H,3,6H2,1-2H3,(H2,12,13,18). The Kier molecular flexibility index (Phi) is 5.31. The van der Waals surface area contributed by atoms with Crippen molar-refractivity contribution in [1.29, 1.82) is 0 Å². The molecule has 7 heteroatoms. The Morgan fingerprint density at radius 3 is 2.83 bits per heavy atom. The smallest absolute Gasteiger partial charge is 0.273 e. The molecule has 0 saturated heterocycles. The molecule has 0 amide bonds. The van der Waals surface area contributed by atoms with Gasteiger partial charge in [0.1, 0.15) is 5.75 Å². The van der Waals surface area contributed by atoms with Gasteiger partial charge in [0.25, 0.3) is 5.69 Å². The molecule has 0 spiro atoms. The molecule has 98 valence electrons. The fourth-order valence-electron chi connectivity index (χ4n) is 1.30. The summed E-state index contributed by atoms with van der Waals surface area (Å²) in [6, 6.07) is 4.31. The topological polar surface area (TPSA) is 76.4 Å². The Morgan fingerprint density at radius 1 is 1.56 bits per heavy atom. The molecular formula is C11H15N3O3S. The van der Waals surface area contributed by atoms with Gasteiger partial charge in [0, 0.05) is 12.6 Å². The van der Waals surface area contributed by atoms with Gasteiger partial charge in [-0.15, -0.1) is 0 Å². The largest absolute Gasteiger partial charge is 0.494 e. The number of non-ortho nitro benzene ring substituents is 1. The van der Waals surface area contributed by atoms with E-state index in [2.05, 4.69) is 10.6 Å². The molecule has 1 aromatic carbocycles. The quantitative estimate of drug-likeness (QED) is 0.485. The second-order valence-corrected chi connectivity index (χ2v) is 3.93. The summed E-state index contributed by atoms with van der Waals surface area (Å²) in [7, 11) is 1.45. The number of thiocarbonyl (C=S) groups is 1. The fourth-order valence-corrected chi connectivity index (χ4v) is 1.51. The van der Waals surface area contributed by atoms with Crippen LogP contribution in [0.3, 0.4) is 0 Å². The summed E-state index contributed by atoms with van der Waals surface area (Å²) in [5.74, 6) is 0.379. The Balaban J connectivity index is 2.82. The number of nitro groups is 1. The lowest BCUT2D eigenvalue weighted by Gasteiger charge is -2.12. The van der Waals surface area contributed by atoms with Crippen LogP contribution in [0.15, 0.2) is 18.2 Å². The van der Waals surface area contributed by atoms with E-state index in [4.69, 9.17) is 17.0 Å². The van der Waals surface area contributed by atoms with E-state index in [1.165, 1.54) is 19.2 Å². The third kappa shape index (κ3) is 3.85. The molecule has 6 nitrogen and oxygen atoms in total. The van der Waals surface area contributed by atoms with Gasteiger partial charge in [-0.25, -0.2) is 0 Å². The van der Waals surface area contributed by atoms with Crippen LogP contribution in [0.2, 0.25) is 0 Å². The zero-order chi connectivity index (χ0) is 13.5. The summed E-state index contributed by atoms with van der Waals surface area (Å²) in [6.07, 6.45) is 0.958. The first-order valence-electron chi connectivity index (χ1n) is 5.45. The van der Waals surface area contributed by atoms with Crippen molar-refractivity contribution >= 4 is 28.7 Å². The summed E-state index contributed by atoms with van der Waals surface area (Å²) < 4.78 is 5.09. The molecule has 0 aromatic heterocycles. The van der Waals surface area contributed by atoms with E-state index in [1.54, 1.807) is 6.07 Å². The number of benzene rings is 1. The highest BCUT2D eigenvalue weighted by molar-refractivity contribution is 7.80. The van der Waals surface area contributed by atoms with Gasteiger partial charge in [0.05, 0.1) is 23.8 Å². The molecule has 0 unspecified atom stereocenters. The van der Waals surface area contributed by atoms with Crippen LogP contribution in [0.4, 0.5) is 11.4 Å². The van der Waals surface area contributed by atoms with Crippen molar-refractivity contribution in [2.24, 2.45) is 0 Å². The number of anilines is 1. The molecule has 1 rings (SSSR count). The minimum Gasteiger partial charge on any atom is -0.494 e. The molecule has 1 aromatic rings. The first-order valence-corrected chi connectivity index (χ1v) is 5.86. The molecule has 0 aliphatic heterocycles. The molecule has 0 atom stereocenters. The van der Waals surface area contributed by atoms with Crippen molar-refractivity contribution in [2.45, 2.75) is 13.3 Å². The van der Waals surface area contributed by atoms with Crippen LogP contribution in [0.25, 0.3) is 0 Å². The van der Waals surface area contributed by atoms with Crippen LogP contribution in [0.5, 0.6) is 5.75 Å². The minimum absolute atomic E-state index is 0.0233. The lowest BCUT2D eigenvalue weighted by Crippen LogP contribution is -2.29. The average Bonchev–Trinajstić information content (AvgIpc) is 2.36. The van der Waals surface area contributed by atoms with Crippen molar-refractivity contribution in [3.63, 3.8) is 0 Å². The molecular weight excluding hydrogens is 254 g/mol. The second kappa shape index (κ2) is 6.75. The average molecular weight is 269 g/mol. The normalized spacial score (nSPS) is 9.67. The van der Waals surface area contributed by atoms with E-state index in [9.17, 15) is 10.1 Å². The zero-order valence-corrected chi connectivity index (χ0v) is 11.0. The van der Waals surface area contributed by atoms with Crippen molar-refractivity contribution in [3.05, 3.63) is 28.3 Å². The van der Waals surface area contributed by atoms with Gasteiger partial charge in [-0.3, -0.25) is 10.1 Å². The fraction of sp³-hybridized carbons (Fsp3) is 0.364. The molecule has 2 N–H and O–H groups in total. The number of rotatable bonds is 5. The summed E-state index contributed by atoms with van der Waals surface area (Å²) in [6.45, 7) is 2.79. The Bertz CT molecular complexity index is 451. The van der Waals surface area contributed by atoms with Crippen molar-refractivity contribution in [3.8, 4) is 5.75 Å². The van der Waals surface area contributed by atoms with Crippen LogP contribution < -0.4 is 15.4 Å². The van der Waals surface area contributed by atoms with Gasteiger partial charge >= 0.3 is 0 Å². The minimum atomic E-state index is -0.472. The molecule has 0 aliphatic rings. The molecule has 18 heavy (non-hydrogen) atoms. The Morgan fingerprint density at radius 2 is 2.28 bits per heavy atom. The third-order valence-corrected chi connectivity index (χ3v) is 2.43. The lowest BCUT2D eigenvalue weighted by atomic mass is 10.2. The Labute approximate surface area is 110 Å². The molecule has 0 radical (unpaired) electrons. The number of nitrogens with zero attached hydrogens (tertiary/aromatic N) is 1. The number of hydrogen-bond acceptors (Lipinski definition) is 4. The summed E-state index contributed by atoms with van der Waals surface area (Å²) in [4.78, 5) is 10.2. The van der Waals surface area contributed by atoms with E-state index in [0.29, 0.717) is 16.5 Å². The van der Waals surface area contributed by atoms with Crippen molar-refractivity contribution < 1.29 is 9.66 Å². The van der Waals surface area contributed by atoms with E-state index in [-0.39, 0.29) is 5.69 Å². The molecule has 0 fully saturated rings. The van der Waals surface area contributed by atoms with Crippen LogP contribution in [-0.2, 0) is 0 Å². The number of nitro benzene ring substituents is 1. The van der Waals surface area contributed by atoms with Crippen LogP contribution in [0.1, 0.15) is 13.3 Å². The predicted octanol–water partition coefficient (Wildman–Crippen LogP) is 2.30. The molecule has 0 saturated carbocycles. The Hall–Kier alpha value is -1.89. The highest BCUT2D eigenvalue weighted by Crippen LogP contribution is 2.28. The van der Waals surface area contributed by atoms with Gasteiger partial charge in [-0.05, 0) is 24.7 Å². The third-order valence-electron chi connectivity index (χ3n) is 2.18. The highest BCUT2D eigenvalue weighted by Gasteiger charge is 2.11. The summed E-state index contributed by atoms with van der Waals surface area (Å²) >= 11 is 5.08. The maximum atomic E-state index is 10.6. The van der Waals surface area contributed by atoms with E-state index < -0.39 is 4.92 Å². The van der Waals surface area contributed by atoms with Crippen LogP contribution >= 0.6 is 12.2 Å². The second-order valence-electron chi connectivity index (χ2n) is 3.52. The maximum Gasteiger partial charge on any atom is 0.273 e. The predicted molar refractivity (Wildman–Crippen MR) is 74.2 cm³/mol. The molecule has 0 bridgehead atoms. The number of hydrogen-bond donors (Lipinski definition) is 2. The van der Waals surface area contributed by atoms with Crippen molar-refractivity contribution in [1.82, 2.24) is 5.32 Å². The van der Waals surface area contributed by atoms with Gasteiger partial charge in [-0.2, -0.15) is 0 Å². The van der Waals surface area contributed by atoms with Crippen LogP contribution in [-0.4, -0.2) is 23.7 Å². The first kappa shape index (κ1) is 14.2. The zero-order valence-electron chi connectivity index (χ0n) is 10.2.